The number of halogens is 1. The first-order valence-electron chi connectivity index (χ1n) is 9.25. The van der Waals surface area contributed by atoms with Gasteiger partial charge in [0.25, 0.3) is 0 Å². The summed E-state index contributed by atoms with van der Waals surface area (Å²) in [6.45, 7) is 7.77. The number of carbonyl (C=O) groups excluding carboxylic acids is 1. The van der Waals surface area contributed by atoms with Gasteiger partial charge in [0.1, 0.15) is 0 Å². The maximum atomic E-state index is 12.4. The molecule has 1 aromatic carbocycles. The van der Waals surface area contributed by atoms with Gasteiger partial charge in [-0.05, 0) is 37.5 Å². The Morgan fingerprint density at radius 1 is 1.27 bits per heavy atom. The quantitative estimate of drug-likeness (QED) is 0.244. The lowest BCUT2D eigenvalue weighted by atomic mass is 9.88. The molecule has 5 nitrogen and oxygen atoms in total. The largest absolute Gasteiger partial charge is 0.357 e. The van der Waals surface area contributed by atoms with E-state index in [1.54, 1.807) is 6.08 Å². The number of amides is 1. The number of carbonyl (C=O) groups is 1. The highest BCUT2D eigenvalue weighted by Gasteiger charge is 2.20. The van der Waals surface area contributed by atoms with Gasteiger partial charge in [-0.3, -0.25) is 4.79 Å². The van der Waals surface area contributed by atoms with Gasteiger partial charge in [-0.1, -0.05) is 37.5 Å². The third-order valence-corrected chi connectivity index (χ3v) is 4.35. The Hall–Kier alpha value is -1.57. The molecule has 1 amide bonds. The van der Waals surface area contributed by atoms with Crippen LogP contribution >= 0.6 is 24.0 Å². The van der Waals surface area contributed by atoms with Crippen molar-refractivity contribution in [2.75, 3.05) is 18.4 Å². The molecule has 2 rings (SSSR count). The van der Waals surface area contributed by atoms with Crippen LogP contribution in [0, 0.1) is 5.92 Å². The zero-order chi connectivity index (χ0) is 17.9. The van der Waals surface area contributed by atoms with Crippen LogP contribution in [-0.4, -0.2) is 25.0 Å². The van der Waals surface area contributed by atoms with E-state index in [1.165, 1.54) is 6.42 Å². The van der Waals surface area contributed by atoms with E-state index in [9.17, 15) is 4.79 Å². The van der Waals surface area contributed by atoms with E-state index in [4.69, 9.17) is 0 Å². The van der Waals surface area contributed by atoms with Gasteiger partial charge < -0.3 is 16.0 Å². The van der Waals surface area contributed by atoms with Crippen LogP contribution in [0.3, 0.4) is 0 Å². The average Bonchev–Trinajstić information content (AvgIpc) is 2.65. The predicted octanol–water partition coefficient (Wildman–Crippen LogP) is 4.06. The van der Waals surface area contributed by atoms with E-state index in [2.05, 4.69) is 27.5 Å². The highest BCUT2D eigenvalue weighted by atomic mass is 127. The van der Waals surface area contributed by atoms with Crippen molar-refractivity contribution in [3.05, 3.63) is 42.5 Å². The molecule has 0 unspecified atom stereocenters. The van der Waals surface area contributed by atoms with E-state index < -0.39 is 0 Å². The monoisotopic (exact) mass is 470 g/mol. The van der Waals surface area contributed by atoms with Crippen LogP contribution in [0.1, 0.15) is 44.6 Å². The van der Waals surface area contributed by atoms with E-state index in [1.807, 2.05) is 31.2 Å². The number of aliphatic imine (C=N–C) groups is 1. The van der Waals surface area contributed by atoms with E-state index in [-0.39, 0.29) is 35.8 Å². The summed E-state index contributed by atoms with van der Waals surface area (Å²) in [7, 11) is 0. The molecule has 1 saturated carbocycles. The number of rotatable bonds is 7. The van der Waals surface area contributed by atoms with Crippen molar-refractivity contribution in [2.24, 2.45) is 10.9 Å². The second-order valence-corrected chi connectivity index (χ2v) is 6.39. The fraction of sp³-hybridized carbons (Fsp3) is 0.500. The minimum Gasteiger partial charge on any atom is -0.357 e. The summed E-state index contributed by atoms with van der Waals surface area (Å²) >= 11 is 0. The second-order valence-electron chi connectivity index (χ2n) is 6.39. The van der Waals surface area contributed by atoms with Crippen molar-refractivity contribution in [3.8, 4) is 0 Å². The van der Waals surface area contributed by atoms with Gasteiger partial charge in [0.05, 0.1) is 6.54 Å². The number of nitrogens with one attached hydrogen (secondary N) is 3. The lowest BCUT2D eigenvalue weighted by molar-refractivity contribution is -0.120. The Bertz CT molecular complexity index is 597. The van der Waals surface area contributed by atoms with E-state index in [0.717, 1.165) is 49.4 Å². The minimum absolute atomic E-state index is 0. The number of hydrogen-bond donors (Lipinski definition) is 3. The first-order valence-corrected chi connectivity index (χ1v) is 9.25. The Labute approximate surface area is 174 Å². The molecular formula is C20H31IN4O. The highest BCUT2D eigenvalue weighted by molar-refractivity contribution is 14.0. The molecule has 0 aromatic heterocycles. The zero-order valence-electron chi connectivity index (χ0n) is 15.6. The Morgan fingerprint density at radius 3 is 2.73 bits per heavy atom. The lowest BCUT2D eigenvalue weighted by Gasteiger charge is -2.20. The van der Waals surface area contributed by atoms with Crippen LogP contribution < -0.4 is 16.0 Å². The second kappa shape index (κ2) is 12.7. The molecule has 6 heteroatoms. The van der Waals surface area contributed by atoms with Crippen LogP contribution in [0.4, 0.5) is 5.69 Å². The predicted molar refractivity (Wildman–Crippen MR) is 120 cm³/mol. The Kier molecular flexibility index (Phi) is 11.0. The Morgan fingerprint density at radius 2 is 2.04 bits per heavy atom. The molecule has 1 aromatic rings. The third-order valence-electron chi connectivity index (χ3n) is 4.35. The van der Waals surface area contributed by atoms with Crippen molar-refractivity contribution in [2.45, 2.75) is 45.6 Å². The summed E-state index contributed by atoms with van der Waals surface area (Å²) in [6.07, 6.45) is 7.41. The smallest absolute Gasteiger partial charge is 0.227 e. The first-order chi connectivity index (χ1) is 12.2. The topological polar surface area (TPSA) is 65.5 Å². The van der Waals surface area contributed by atoms with Crippen molar-refractivity contribution in [3.63, 3.8) is 0 Å². The van der Waals surface area contributed by atoms with Crippen LogP contribution in [-0.2, 0) is 11.3 Å². The Balaban J connectivity index is 0.00000338. The molecule has 1 aliphatic carbocycles. The minimum atomic E-state index is 0. The molecular weight excluding hydrogens is 439 g/mol. The molecule has 0 radical (unpaired) electrons. The summed E-state index contributed by atoms with van der Waals surface area (Å²) < 4.78 is 0. The molecule has 0 saturated heterocycles. The SMILES string of the molecule is C=CCNC(=NCc1cccc(NC(=O)C2CCCCC2)c1)NCC.I. The number of hydrogen-bond acceptors (Lipinski definition) is 2. The van der Waals surface area contributed by atoms with Gasteiger partial charge in [0.15, 0.2) is 5.96 Å². The maximum Gasteiger partial charge on any atom is 0.227 e. The number of guanidine groups is 1. The lowest BCUT2D eigenvalue weighted by Crippen LogP contribution is -2.37. The summed E-state index contributed by atoms with van der Waals surface area (Å²) in [4.78, 5) is 16.9. The molecule has 0 aliphatic heterocycles. The van der Waals surface area contributed by atoms with Crippen molar-refractivity contribution in [1.29, 1.82) is 0 Å². The average molecular weight is 470 g/mol. The van der Waals surface area contributed by atoms with Crippen molar-refractivity contribution in [1.82, 2.24) is 10.6 Å². The number of anilines is 1. The normalized spacial score (nSPS) is 14.9. The van der Waals surface area contributed by atoms with Gasteiger partial charge >= 0.3 is 0 Å². The van der Waals surface area contributed by atoms with Gasteiger partial charge in [0.2, 0.25) is 5.91 Å². The summed E-state index contributed by atoms with van der Waals surface area (Å²) in [5, 5.41) is 9.45. The summed E-state index contributed by atoms with van der Waals surface area (Å²) in [5.41, 5.74) is 1.92. The molecule has 0 atom stereocenters. The molecule has 1 aliphatic rings. The van der Waals surface area contributed by atoms with Crippen molar-refractivity contribution < 1.29 is 4.79 Å². The van der Waals surface area contributed by atoms with E-state index >= 15 is 0 Å². The van der Waals surface area contributed by atoms with E-state index in [0.29, 0.717) is 13.1 Å². The molecule has 0 bridgehead atoms. The standard InChI is InChI=1S/C20H30N4O.HI/c1-3-13-22-20(21-4-2)23-15-16-9-8-12-18(14-16)24-19(25)17-10-6-5-7-11-17;/h3,8-9,12,14,17H,1,4-7,10-11,13,15H2,2H3,(H,24,25)(H2,21,22,23);1H. The molecule has 26 heavy (non-hydrogen) atoms. The molecule has 0 spiro atoms. The third kappa shape index (κ3) is 7.76. The molecule has 1 fully saturated rings. The van der Waals surface area contributed by atoms with Crippen LogP contribution in [0.5, 0.6) is 0 Å². The zero-order valence-corrected chi connectivity index (χ0v) is 17.9. The van der Waals surface area contributed by atoms with Crippen molar-refractivity contribution >= 4 is 41.5 Å². The van der Waals surface area contributed by atoms with Crippen LogP contribution in [0.2, 0.25) is 0 Å². The summed E-state index contributed by atoms with van der Waals surface area (Å²) in [6, 6.07) is 7.93. The fourth-order valence-corrected chi connectivity index (χ4v) is 3.04. The van der Waals surface area contributed by atoms with Gasteiger partial charge in [-0.15, -0.1) is 30.6 Å². The number of nitrogens with zero attached hydrogens (tertiary/aromatic N) is 1. The van der Waals surface area contributed by atoms with Crippen LogP contribution in [0.25, 0.3) is 0 Å². The van der Waals surface area contributed by atoms with Crippen LogP contribution in [0.15, 0.2) is 41.9 Å². The maximum absolute atomic E-state index is 12.4. The first kappa shape index (κ1) is 22.5. The fourth-order valence-electron chi connectivity index (χ4n) is 3.04. The van der Waals surface area contributed by atoms with Gasteiger partial charge in [-0.25, -0.2) is 4.99 Å². The molecule has 3 N–H and O–H groups in total. The highest BCUT2D eigenvalue weighted by Crippen LogP contribution is 2.25. The van der Waals surface area contributed by atoms with Gasteiger partial charge in [-0.2, -0.15) is 0 Å². The summed E-state index contributed by atoms with van der Waals surface area (Å²) in [5.74, 6) is 1.08. The van der Waals surface area contributed by atoms with Gasteiger partial charge in [0, 0.05) is 24.7 Å². The molecule has 144 valence electrons. The number of benzene rings is 1. The molecule has 0 heterocycles.